The Morgan fingerprint density at radius 2 is 1.87 bits per heavy atom. The van der Waals surface area contributed by atoms with Gasteiger partial charge in [0.2, 0.25) is 5.79 Å². The molecule has 2 aromatic rings. The first-order valence-corrected chi connectivity index (χ1v) is 20.3. The van der Waals surface area contributed by atoms with E-state index in [1.807, 2.05) is 44.2 Å². The second-order valence-electron chi connectivity index (χ2n) is 13.9. The molecule has 0 saturated heterocycles. The van der Waals surface area contributed by atoms with Crippen molar-refractivity contribution >= 4 is 23.6 Å². The number of carbonyl (C=O) groups is 1. The van der Waals surface area contributed by atoms with Crippen LogP contribution in [0.25, 0.3) is 0 Å². The molecule has 1 heterocycles. The topological polar surface area (TPSA) is 119 Å². The third-order valence-corrected chi connectivity index (χ3v) is 11.5. The SMILES string of the molecule is C=CCOC12Oc3ccc(OCCSc4ccccc4)cc3C3C(CCCCO)C(CCCCO)C=C(C(=NOC)CC1N(CCC)C(=O)OCC)C32. The monoisotopic (exact) mass is 750 g/mol. The van der Waals surface area contributed by atoms with Crippen molar-refractivity contribution in [1.29, 1.82) is 0 Å². The molecule has 0 bridgehead atoms. The molecule has 2 aliphatic carbocycles. The molecule has 1 saturated carbocycles. The zero-order valence-electron chi connectivity index (χ0n) is 31.6. The Hall–Kier alpha value is -3.51. The maximum absolute atomic E-state index is 13.8. The number of aliphatic hydroxyl groups excluding tert-OH is 2. The molecule has 6 unspecified atom stereocenters. The number of fused-ring (bicyclic) bond motifs is 2. The highest BCUT2D eigenvalue weighted by molar-refractivity contribution is 7.99. The summed E-state index contributed by atoms with van der Waals surface area (Å²) in [5.74, 6) is 0.769. The normalized spacial score (nSPS) is 25.0. The quantitative estimate of drug-likeness (QED) is 0.0567. The molecule has 0 radical (unpaired) electrons. The molecule has 0 aromatic heterocycles. The number of hydrogen-bond acceptors (Lipinski definition) is 10. The molecule has 1 aliphatic heterocycles. The van der Waals surface area contributed by atoms with Crippen LogP contribution in [0.5, 0.6) is 11.5 Å². The molecule has 2 aromatic carbocycles. The van der Waals surface area contributed by atoms with E-state index in [9.17, 15) is 15.0 Å². The Bertz CT molecular complexity index is 1540. The van der Waals surface area contributed by atoms with Crippen LogP contribution in [0.15, 0.2) is 82.9 Å². The van der Waals surface area contributed by atoms with Crippen LogP contribution in [-0.4, -0.2) is 91.2 Å². The number of ether oxygens (including phenoxy) is 4. The fourth-order valence-corrected chi connectivity index (χ4v) is 9.26. The third-order valence-electron chi connectivity index (χ3n) is 10.6. The summed E-state index contributed by atoms with van der Waals surface area (Å²) < 4.78 is 26.2. The summed E-state index contributed by atoms with van der Waals surface area (Å²) in [7, 11) is 1.55. The van der Waals surface area contributed by atoms with Gasteiger partial charge in [-0.15, -0.1) is 18.3 Å². The van der Waals surface area contributed by atoms with Crippen LogP contribution in [0.4, 0.5) is 4.79 Å². The lowest BCUT2D eigenvalue weighted by molar-refractivity contribution is -0.255. The van der Waals surface area contributed by atoms with E-state index in [4.69, 9.17) is 23.8 Å². The molecule has 53 heavy (non-hydrogen) atoms. The molecule has 1 fully saturated rings. The average molecular weight is 751 g/mol. The molecule has 290 valence electrons. The maximum Gasteiger partial charge on any atom is 0.410 e. The third kappa shape index (κ3) is 9.42. The lowest BCUT2D eigenvalue weighted by Gasteiger charge is -2.59. The van der Waals surface area contributed by atoms with Gasteiger partial charge in [0, 0.05) is 48.3 Å². The van der Waals surface area contributed by atoms with Gasteiger partial charge in [-0.3, -0.25) is 4.90 Å². The predicted molar refractivity (Wildman–Crippen MR) is 209 cm³/mol. The van der Waals surface area contributed by atoms with Gasteiger partial charge in [0.15, 0.2) is 0 Å². The van der Waals surface area contributed by atoms with Gasteiger partial charge >= 0.3 is 6.09 Å². The number of allylic oxidation sites excluding steroid dienone is 1. The Morgan fingerprint density at radius 3 is 2.57 bits per heavy atom. The molecule has 6 atom stereocenters. The molecule has 0 spiro atoms. The first-order chi connectivity index (χ1) is 26.0. The molecular weight excluding hydrogens is 693 g/mol. The van der Waals surface area contributed by atoms with Gasteiger partial charge in [0.05, 0.1) is 31.5 Å². The van der Waals surface area contributed by atoms with Crippen LogP contribution in [0.3, 0.4) is 0 Å². The zero-order valence-corrected chi connectivity index (χ0v) is 32.4. The predicted octanol–water partition coefficient (Wildman–Crippen LogP) is 7.99. The second kappa shape index (κ2) is 20.2. The molecule has 2 N–H and O–H groups in total. The van der Waals surface area contributed by atoms with Gasteiger partial charge in [-0.1, -0.05) is 55.3 Å². The van der Waals surface area contributed by atoms with E-state index in [1.54, 1.807) is 29.8 Å². The van der Waals surface area contributed by atoms with Crippen LogP contribution in [0.1, 0.15) is 76.7 Å². The van der Waals surface area contributed by atoms with Crippen LogP contribution < -0.4 is 9.47 Å². The van der Waals surface area contributed by atoms with Crippen molar-refractivity contribution in [3.63, 3.8) is 0 Å². The van der Waals surface area contributed by atoms with Gasteiger partial charge in [-0.05, 0) is 86.8 Å². The summed E-state index contributed by atoms with van der Waals surface area (Å²) in [4.78, 5) is 22.3. The minimum absolute atomic E-state index is 0.112. The van der Waals surface area contributed by atoms with E-state index in [-0.39, 0.29) is 50.1 Å². The van der Waals surface area contributed by atoms with Crippen molar-refractivity contribution in [1.82, 2.24) is 4.90 Å². The summed E-state index contributed by atoms with van der Waals surface area (Å²) in [6, 6.07) is 15.8. The summed E-state index contributed by atoms with van der Waals surface area (Å²) in [5, 5.41) is 24.2. The van der Waals surface area contributed by atoms with Gasteiger partial charge in [-0.2, -0.15) is 0 Å². The van der Waals surface area contributed by atoms with Crippen LogP contribution >= 0.6 is 11.8 Å². The van der Waals surface area contributed by atoms with Crippen LogP contribution in [-0.2, 0) is 14.3 Å². The van der Waals surface area contributed by atoms with Gasteiger partial charge < -0.3 is 34.0 Å². The zero-order chi connectivity index (χ0) is 37.6. The van der Waals surface area contributed by atoms with Crippen molar-refractivity contribution in [2.45, 2.75) is 87.9 Å². The Morgan fingerprint density at radius 1 is 1.09 bits per heavy atom. The van der Waals surface area contributed by atoms with E-state index < -0.39 is 17.9 Å². The minimum atomic E-state index is -1.30. The molecular formula is C42H58N2O8S. The number of rotatable bonds is 21. The molecule has 5 rings (SSSR count). The summed E-state index contributed by atoms with van der Waals surface area (Å²) >= 11 is 1.76. The van der Waals surface area contributed by atoms with Crippen molar-refractivity contribution in [3.8, 4) is 11.5 Å². The largest absolute Gasteiger partial charge is 0.493 e. The lowest BCUT2D eigenvalue weighted by atomic mass is 9.55. The first kappa shape index (κ1) is 40.7. The summed E-state index contributed by atoms with van der Waals surface area (Å²) in [6.45, 7) is 9.52. The molecule has 1 amide bonds. The van der Waals surface area contributed by atoms with Gasteiger partial charge in [0.25, 0.3) is 0 Å². The van der Waals surface area contributed by atoms with Crippen molar-refractivity contribution in [3.05, 3.63) is 78.4 Å². The minimum Gasteiger partial charge on any atom is -0.493 e. The Labute approximate surface area is 319 Å². The first-order valence-electron chi connectivity index (χ1n) is 19.3. The molecule has 11 heteroatoms. The van der Waals surface area contributed by atoms with Crippen LogP contribution in [0, 0.1) is 17.8 Å². The number of hydrogen-bond donors (Lipinski definition) is 2. The van der Waals surface area contributed by atoms with Gasteiger partial charge in [-0.25, -0.2) is 4.79 Å². The highest BCUT2D eigenvalue weighted by atomic mass is 32.2. The van der Waals surface area contributed by atoms with E-state index >= 15 is 0 Å². The standard InChI is InChI=1S/C42H58N2O8S/c1-5-21-44(41(47)49-7-3)38-29-36(43-48-4)34-27-30(15-11-13-22-45)33(18-12-14-23-46)39-35-28-31(50-25-26-53-32-16-9-8-10-17-32)19-20-37(35)52-42(38,40(34)39)51-24-6-2/h6,8-10,16-17,19-20,27-28,30,33,38-40,45-46H,2,5,7,11-15,18,21-26,29H2,1,3-4H3. The highest BCUT2D eigenvalue weighted by Gasteiger charge is 2.65. The van der Waals surface area contributed by atoms with Gasteiger partial charge in [0.1, 0.15) is 24.7 Å². The Kier molecular flexibility index (Phi) is 15.5. The summed E-state index contributed by atoms with van der Waals surface area (Å²) in [6.07, 6.45) is 9.56. The van der Waals surface area contributed by atoms with Crippen molar-refractivity contribution in [2.75, 3.05) is 52.4 Å². The number of oxime groups is 1. The second-order valence-corrected chi connectivity index (χ2v) is 15.0. The van der Waals surface area contributed by atoms with Crippen molar-refractivity contribution in [2.24, 2.45) is 22.9 Å². The lowest BCUT2D eigenvalue weighted by Crippen LogP contribution is -2.70. The maximum atomic E-state index is 13.8. The summed E-state index contributed by atoms with van der Waals surface area (Å²) in [5.41, 5.74) is 2.79. The number of carbonyl (C=O) groups excluding carboxylic acids is 1. The van der Waals surface area contributed by atoms with E-state index in [1.165, 1.54) is 4.90 Å². The highest BCUT2D eigenvalue weighted by Crippen LogP contribution is 2.62. The smallest absolute Gasteiger partial charge is 0.410 e. The van der Waals surface area contributed by atoms with Crippen molar-refractivity contribution < 1.29 is 38.8 Å². The fourth-order valence-electron chi connectivity index (χ4n) is 8.51. The average Bonchev–Trinajstić information content (AvgIpc) is 3.17. The fraction of sp³-hybridized carbons (Fsp3) is 0.571. The number of amides is 1. The number of benzene rings is 2. The number of thioether (sulfide) groups is 1. The number of unbranched alkanes of at least 4 members (excludes halogenated alkanes) is 2. The van der Waals surface area contributed by atoms with E-state index in [2.05, 4.69) is 36.0 Å². The van der Waals surface area contributed by atoms with E-state index in [0.717, 1.165) is 60.5 Å². The molecule has 10 nitrogen and oxygen atoms in total. The Balaban J connectivity index is 1.66. The molecule has 3 aliphatic rings. The van der Waals surface area contributed by atoms with E-state index in [0.29, 0.717) is 38.2 Å². The number of nitrogens with zero attached hydrogens (tertiary/aromatic N) is 2. The van der Waals surface area contributed by atoms with Crippen LogP contribution in [0.2, 0.25) is 0 Å². The number of aliphatic hydroxyl groups is 2.